The van der Waals surface area contributed by atoms with Crippen molar-refractivity contribution >= 4 is 33.4 Å². The molecule has 0 bridgehead atoms. The minimum Gasteiger partial charge on any atom is -0.369 e. The maximum Gasteiger partial charge on any atom is 0.260 e. The Bertz CT molecular complexity index is 1530. The molecule has 1 N–H and O–H groups in total. The average Bonchev–Trinajstić information content (AvgIpc) is 3.83. The first-order chi connectivity index (χ1) is 19.7. The molecule has 8 heteroatoms. The monoisotopic (exact) mass is 537 g/mol. The van der Waals surface area contributed by atoms with Gasteiger partial charge >= 0.3 is 0 Å². The zero-order chi connectivity index (χ0) is 26.9. The Morgan fingerprint density at radius 2 is 1.68 bits per heavy atom. The molecule has 1 saturated heterocycles. The van der Waals surface area contributed by atoms with Crippen LogP contribution in [0, 0.1) is 5.92 Å². The van der Waals surface area contributed by atoms with E-state index in [2.05, 4.69) is 55.4 Å². The topological polar surface area (TPSA) is 79.2 Å². The predicted molar refractivity (Wildman–Crippen MR) is 161 cm³/mol. The quantitative estimate of drug-likeness (QED) is 0.302. The summed E-state index contributed by atoms with van der Waals surface area (Å²) in [5, 5.41) is 6.16. The summed E-state index contributed by atoms with van der Waals surface area (Å²) in [5.74, 6) is 1.50. The number of piperazine rings is 1. The molecule has 1 aromatic carbocycles. The number of benzene rings is 1. The Kier molecular flexibility index (Phi) is 7.10. The van der Waals surface area contributed by atoms with Crippen molar-refractivity contribution in [2.24, 2.45) is 5.92 Å². The van der Waals surface area contributed by atoms with Crippen molar-refractivity contribution in [3.63, 3.8) is 0 Å². The van der Waals surface area contributed by atoms with Crippen LogP contribution in [0.5, 0.6) is 0 Å². The summed E-state index contributed by atoms with van der Waals surface area (Å²) in [7, 11) is 0. The molecule has 40 heavy (non-hydrogen) atoms. The van der Waals surface area contributed by atoms with Crippen molar-refractivity contribution in [2.45, 2.75) is 64.0 Å². The van der Waals surface area contributed by atoms with E-state index in [1.807, 2.05) is 23.2 Å². The molecule has 7 rings (SSSR count). The molecule has 3 aromatic heterocycles. The van der Waals surface area contributed by atoms with E-state index in [0.717, 1.165) is 86.3 Å². The lowest BCUT2D eigenvalue weighted by Crippen LogP contribution is -2.45. The molecule has 1 aliphatic heterocycles. The number of aromatic nitrogens is 4. The lowest BCUT2D eigenvalue weighted by molar-refractivity contribution is 0.250. The van der Waals surface area contributed by atoms with E-state index in [0.29, 0.717) is 5.95 Å². The zero-order valence-corrected chi connectivity index (χ0v) is 23.3. The van der Waals surface area contributed by atoms with Gasteiger partial charge in [-0.25, -0.2) is 4.98 Å². The van der Waals surface area contributed by atoms with Gasteiger partial charge in [0.1, 0.15) is 5.65 Å². The Morgan fingerprint density at radius 3 is 2.45 bits per heavy atom. The van der Waals surface area contributed by atoms with Crippen molar-refractivity contribution < 1.29 is 0 Å². The maximum atomic E-state index is 14.2. The second kappa shape index (κ2) is 11.2. The van der Waals surface area contributed by atoms with Gasteiger partial charge in [0.2, 0.25) is 5.95 Å². The molecular formula is C32H39N7O. The summed E-state index contributed by atoms with van der Waals surface area (Å²) >= 11 is 0. The van der Waals surface area contributed by atoms with E-state index in [-0.39, 0.29) is 11.6 Å². The molecule has 0 amide bonds. The Morgan fingerprint density at radius 1 is 0.875 bits per heavy atom. The van der Waals surface area contributed by atoms with Gasteiger partial charge in [-0.15, -0.1) is 0 Å². The smallest absolute Gasteiger partial charge is 0.260 e. The predicted octanol–water partition coefficient (Wildman–Crippen LogP) is 5.38. The SMILES string of the molecule is O=c1c2cc(CN3CCN(c4ccncc4)CC3)ccc2c2cnc(NCCC3CC3)nc2n1C1CCCCC1. The summed E-state index contributed by atoms with van der Waals surface area (Å²) in [6, 6.07) is 10.8. The van der Waals surface area contributed by atoms with Gasteiger partial charge in [-0.05, 0) is 54.3 Å². The largest absolute Gasteiger partial charge is 0.369 e. The second-order valence-corrected chi connectivity index (χ2v) is 11.9. The number of nitrogens with zero attached hydrogens (tertiary/aromatic N) is 6. The first-order valence-corrected chi connectivity index (χ1v) is 15.2. The molecular weight excluding hydrogens is 498 g/mol. The highest BCUT2D eigenvalue weighted by Gasteiger charge is 2.24. The lowest BCUT2D eigenvalue weighted by atomic mass is 9.94. The minimum atomic E-state index is 0.0985. The number of anilines is 2. The average molecular weight is 538 g/mol. The Hall–Kier alpha value is -3.52. The zero-order valence-electron chi connectivity index (χ0n) is 23.3. The van der Waals surface area contributed by atoms with Gasteiger partial charge < -0.3 is 10.2 Å². The van der Waals surface area contributed by atoms with Crippen LogP contribution in [0.4, 0.5) is 11.6 Å². The second-order valence-electron chi connectivity index (χ2n) is 11.9. The van der Waals surface area contributed by atoms with Crippen LogP contribution >= 0.6 is 0 Å². The molecule has 2 aliphatic carbocycles. The minimum absolute atomic E-state index is 0.0985. The number of hydrogen-bond donors (Lipinski definition) is 1. The van der Waals surface area contributed by atoms with Gasteiger partial charge in [0, 0.05) is 80.4 Å². The fourth-order valence-corrected chi connectivity index (χ4v) is 6.61. The van der Waals surface area contributed by atoms with Gasteiger partial charge in [-0.3, -0.25) is 19.2 Å². The summed E-state index contributed by atoms with van der Waals surface area (Å²) in [6.07, 6.45) is 15.2. The molecule has 208 valence electrons. The summed E-state index contributed by atoms with van der Waals surface area (Å²) < 4.78 is 2.02. The highest BCUT2D eigenvalue weighted by molar-refractivity contribution is 6.04. The van der Waals surface area contributed by atoms with E-state index < -0.39 is 0 Å². The fraction of sp³-hybridized carbons (Fsp3) is 0.500. The number of rotatable bonds is 8. The van der Waals surface area contributed by atoms with Gasteiger partial charge in [0.15, 0.2) is 0 Å². The molecule has 2 saturated carbocycles. The molecule has 0 unspecified atom stereocenters. The third kappa shape index (κ3) is 5.29. The molecule has 3 aliphatic rings. The third-order valence-electron chi connectivity index (χ3n) is 9.10. The van der Waals surface area contributed by atoms with Crippen LogP contribution in [0.3, 0.4) is 0 Å². The summed E-state index contributed by atoms with van der Waals surface area (Å²) in [4.78, 5) is 32.9. The lowest BCUT2D eigenvalue weighted by Gasteiger charge is -2.36. The highest BCUT2D eigenvalue weighted by atomic mass is 16.1. The number of fused-ring (bicyclic) bond motifs is 3. The molecule has 0 spiro atoms. The third-order valence-corrected chi connectivity index (χ3v) is 9.10. The molecule has 3 fully saturated rings. The Labute approximate surface area is 235 Å². The van der Waals surface area contributed by atoms with Crippen LogP contribution in [0.1, 0.15) is 63.0 Å². The van der Waals surface area contributed by atoms with Crippen molar-refractivity contribution in [3.05, 3.63) is 64.8 Å². The van der Waals surface area contributed by atoms with E-state index in [1.54, 1.807) is 0 Å². The highest BCUT2D eigenvalue weighted by Crippen LogP contribution is 2.33. The van der Waals surface area contributed by atoms with E-state index in [1.165, 1.54) is 43.4 Å². The number of hydrogen-bond acceptors (Lipinski definition) is 7. The van der Waals surface area contributed by atoms with E-state index in [9.17, 15) is 4.79 Å². The Balaban J connectivity index is 1.18. The fourth-order valence-electron chi connectivity index (χ4n) is 6.61. The van der Waals surface area contributed by atoms with Crippen LogP contribution in [0.2, 0.25) is 0 Å². The number of nitrogens with one attached hydrogen (secondary N) is 1. The van der Waals surface area contributed by atoms with Gasteiger partial charge in [-0.2, -0.15) is 4.98 Å². The first-order valence-electron chi connectivity index (χ1n) is 15.2. The van der Waals surface area contributed by atoms with E-state index >= 15 is 0 Å². The molecule has 4 aromatic rings. The standard InChI is InChI=1S/C32H39N7O/c40-31-28-20-24(22-37-16-18-38(19-17-37)25-11-13-33-14-12-25)8-9-27(28)29-21-35-32(34-15-10-23-6-7-23)36-30(29)39(31)26-4-2-1-3-5-26/h8-9,11-14,20-21,23,26H,1-7,10,15-19,22H2,(H,34,35,36). The van der Waals surface area contributed by atoms with Crippen molar-refractivity contribution in [1.29, 1.82) is 0 Å². The van der Waals surface area contributed by atoms with Crippen molar-refractivity contribution in [3.8, 4) is 0 Å². The van der Waals surface area contributed by atoms with Gasteiger partial charge in [0.05, 0.1) is 0 Å². The summed E-state index contributed by atoms with van der Waals surface area (Å²) in [5.41, 5.74) is 3.31. The van der Waals surface area contributed by atoms with Crippen molar-refractivity contribution in [1.82, 2.24) is 24.4 Å². The molecule has 0 atom stereocenters. The van der Waals surface area contributed by atoms with Crippen LogP contribution in [-0.2, 0) is 6.54 Å². The van der Waals surface area contributed by atoms with E-state index in [4.69, 9.17) is 4.98 Å². The van der Waals surface area contributed by atoms with Crippen LogP contribution < -0.4 is 15.8 Å². The summed E-state index contributed by atoms with van der Waals surface area (Å²) in [6.45, 7) is 5.71. The van der Waals surface area contributed by atoms with Gasteiger partial charge in [0.25, 0.3) is 5.56 Å². The van der Waals surface area contributed by atoms with Crippen LogP contribution in [0.25, 0.3) is 21.8 Å². The first kappa shape index (κ1) is 25.4. The molecule has 4 heterocycles. The molecule has 8 nitrogen and oxygen atoms in total. The maximum absolute atomic E-state index is 14.2. The van der Waals surface area contributed by atoms with Crippen LogP contribution in [-0.4, -0.2) is 57.1 Å². The van der Waals surface area contributed by atoms with Crippen LogP contribution in [0.15, 0.2) is 53.7 Å². The normalized spacial score (nSPS) is 18.9. The molecule has 0 radical (unpaired) electrons. The van der Waals surface area contributed by atoms with Gasteiger partial charge in [-0.1, -0.05) is 44.2 Å². The number of pyridine rings is 2. The van der Waals surface area contributed by atoms with Crippen molar-refractivity contribution in [2.75, 3.05) is 42.9 Å².